The molecule has 0 spiro atoms. The largest absolute Gasteiger partial charge is 0.299 e. The fourth-order valence-corrected chi connectivity index (χ4v) is 2.36. The van der Waals surface area contributed by atoms with Gasteiger partial charge in [-0.2, -0.15) is 0 Å². The van der Waals surface area contributed by atoms with Crippen molar-refractivity contribution in [2.45, 2.75) is 19.4 Å². The van der Waals surface area contributed by atoms with Crippen LogP contribution in [0.25, 0.3) is 0 Å². The van der Waals surface area contributed by atoms with Crippen LogP contribution in [0.5, 0.6) is 0 Å². The van der Waals surface area contributed by atoms with Crippen molar-refractivity contribution in [1.29, 1.82) is 0 Å². The molecule has 94 valence electrons. The molecule has 2 aromatic rings. The number of hydrogen-bond donors (Lipinski definition) is 0. The zero-order chi connectivity index (χ0) is 13.0. The first-order valence-electron chi connectivity index (χ1n) is 6.52. The molecule has 0 saturated heterocycles. The van der Waals surface area contributed by atoms with E-state index in [4.69, 9.17) is 0 Å². The third-order valence-corrected chi connectivity index (χ3v) is 3.34. The first kappa shape index (κ1) is 12.8. The van der Waals surface area contributed by atoms with Crippen LogP contribution >= 0.6 is 0 Å². The Kier molecular flexibility index (Phi) is 4.16. The van der Waals surface area contributed by atoms with E-state index in [9.17, 15) is 0 Å². The lowest BCUT2D eigenvalue weighted by atomic mass is 9.96. The van der Waals surface area contributed by atoms with E-state index in [0.717, 1.165) is 6.42 Å². The van der Waals surface area contributed by atoms with Gasteiger partial charge in [0, 0.05) is 0 Å². The molecule has 2 aromatic carbocycles. The lowest BCUT2D eigenvalue weighted by molar-refractivity contribution is 0.342. The summed E-state index contributed by atoms with van der Waals surface area (Å²) in [6, 6.07) is 19.9. The van der Waals surface area contributed by atoms with Gasteiger partial charge in [-0.25, -0.2) is 0 Å². The zero-order valence-corrected chi connectivity index (χ0v) is 11.4. The highest BCUT2D eigenvalue weighted by Crippen LogP contribution is 2.26. The van der Waals surface area contributed by atoms with E-state index in [0.29, 0.717) is 6.04 Å². The second kappa shape index (κ2) is 5.83. The zero-order valence-electron chi connectivity index (χ0n) is 11.4. The molecule has 1 atom stereocenters. The van der Waals surface area contributed by atoms with Gasteiger partial charge < -0.3 is 0 Å². The average molecular weight is 239 g/mol. The molecule has 0 aliphatic carbocycles. The lowest BCUT2D eigenvalue weighted by Crippen LogP contribution is -2.20. The van der Waals surface area contributed by atoms with Gasteiger partial charge in [0.05, 0.1) is 6.04 Å². The molecule has 0 radical (unpaired) electrons. The van der Waals surface area contributed by atoms with Gasteiger partial charge in [0.1, 0.15) is 0 Å². The van der Waals surface area contributed by atoms with Gasteiger partial charge in [-0.3, -0.25) is 4.90 Å². The maximum Gasteiger partial charge on any atom is 0.0596 e. The Hall–Kier alpha value is -1.60. The number of rotatable bonds is 4. The Bertz CT molecular complexity index is 471. The van der Waals surface area contributed by atoms with Gasteiger partial charge >= 0.3 is 0 Å². The highest BCUT2D eigenvalue weighted by Gasteiger charge is 2.15. The minimum atomic E-state index is 0.331. The summed E-state index contributed by atoms with van der Waals surface area (Å²) in [6.45, 7) is 2.19. The van der Waals surface area contributed by atoms with Crippen LogP contribution in [0.2, 0.25) is 0 Å². The standard InChI is InChI=1S/C17H21N/c1-4-14-10-12-16(13-11-14)17(18(2)3)15-8-6-5-7-9-15/h5-13,17H,4H2,1-3H3. The fourth-order valence-electron chi connectivity index (χ4n) is 2.36. The normalized spacial score (nSPS) is 12.7. The molecule has 0 N–H and O–H groups in total. The summed E-state index contributed by atoms with van der Waals surface area (Å²) in [5.41, 5.74) is 4.08. The summed E-state index contributed by atoms with van der Waals surface area (Å²) in [5.74, 6) is 0. The number of nitrogens with zero attached hydrogens (tertiary/aromatic N) is 1. The number of benzene rings is 2. The van der Waals surface area contributed by atoms with Gasteiger partial charge in [-0.1, -0.05) is 61.5 Å². The van der Waals surface area contributed by atoms with Crippen LogP contribution in [0.15, 0.2) is 54.6 Å². The molecule has 0 saturated carbocycles. The van der Waals surface area contributed by atoms with Crippen molar-refractivity contribution < 1.29 is 0 Å². The smallest absolute Gasteiger partial charge is 0.0596 e. The molecule has 0 aliphatic heterocycles. The second-order valence-corrected chi connectivity index (χ2v) is 4.87. The van der Waals surface area contributed by atoms with Gasteiger partial charge in [-0.15, -0.1) is 0 Å². The van der Waals surface area contributed by atoms with Crippen molar-refractivity contribution in [3.63, 3.8) is 0 Å². The summed E-state index contributed by atoms with van der Waals surface area (Å²) < 4.78 is 0. The predicted octanol–water partition coefficient (Wildman–Crippen LogP) is 3.90. The maximum atomic E-state index is 2.26. The molecular formula is C17H21N. The second-order valence-electron chi connectivity index (χ2n) is 4.87. The highest BCUT2D eigenvalue weighted by atomic mass is 15.1. The molecule has 0 bridgehead atoms. The molecule has 0 aromatic heterocycles. The van der Waals surface area contributed by atoms with Gasteiger partial charge in [0.25, 0.3) is 0 Å². The van der Waals surface area contributed by atoms with Crippen molar-refractivity contribution in [3.05, 3.63) is 71.3 Å². The Balaban J connectivity index is 2.36. The van der Waals surface area contributed by atoms with Crippen molar-refractivity contribution in [1.82, 2.24) is 4.90 Å². The van der Waals surface area contributed by atoms with Gasteiger partial charge in [0.15, 0.2) is 0 Å². The Morgan fingerprint density at radius 1 is 0.833 bits per heavy atom. The average Bonchev–Trinajstić information content (AvgIpc) is 2.40. The molecule has 0 heterocycles. The van der Waals surface area contributed by atoms with Gasteiger partial charge in [-0.05, 0) is 37.2 Å². The lowest BCUT2D eigenvalue weighted by Gasteiger charge is -2.25. The van der Waals surface area contributed by atoms with E-state index >= 15 is 0 Å². The van der Waals surface area contributed by atoms with E-state index in [2.05, 4.69) is 80.5 Å². The Labute approximate surface area is 110 Å². The summed E-state index contributed by atoms with van der Waals surface area (Å²) in [6.07, 6.45) is 1.10. The molecule has 0 amide bonds. The van der Waals surface area contributed by atoms with Gasteiger partial charge in [0.2, 0.25) is 0 Å². The van der Waals surface area contributed by atoms with Crippen LogP contribution < -0.4 is 0 Å². The first-order valence-corrected chi connectivity index (χ1v) is 6.52. The summed E-state index contributed by atoms with van der Waals surface area (Å²) in [7, 11) is 4.26. The summed E-state index contributed by atoms with van der Waals surface area (Å²) in [4.78, 5) is 2.26. The molecular weight excluding hydrogens is 218 g/mol. The number of hydrogen-bond acceptors (Lipinski definition) is 1. The SMILES string of the molecule is CCc1ccc(C(c2ccccc2)N(C)C)cc1. The fraction of sp³-hybridized carbons (Fsp3) is 0.294. The minimum Gasteiger partial charge on any atom is -0.299 e. The Morgan fingerprint density at radius 2 is 1.39 bits per heavy atom. The van der Waals surface area contributed by atoms with Crippen LogP contribution in [0.1, 0.15) is 29.7 Å². The Morgan fingerprint density at radius 3 is 1.89 bits per heavy atom. The van der Waals surface area contributed by atoms with Crippen molar-refractivity contribution in [2.75, 3.05) is 14.1 Å². The van der Waals surface area contributed by atoms with Crippen molar-refractivity contribution in [3.8, 4) is 0 Å². The minimum absolute atomic E-state index is 0.331. The summed E-state index contributed by atoms with van der Waals surface area (Å²) in [5, 5.41) is 0. The predicted molar refractivity (Wildman–Crippen MR) is 77.8 cm³/mol. The highest BCUT2D eigenvalue weighted by molar-refractivity contribution is 5.33. The monoisotopic (exact) mass is 239 g/mol. The molecule has 2 rings (SSSR count). The number of aryl methyl sites for hydroxylation is 1. The van der Waals surface area contributed by atoms with Crippen LogP contribution in [0, 0.1) is 0 Å². The third kappa shape index (κ3) is 2.80. The van der Waals surface area contributed by atoms with Crippen LogP contribution in [0.3, 0.4) is 0 Å². The molecule has 0 fully saturated rings. The molecule has 18 heavy (non-hydrogen) atoms. The first-order chi connectivity index (χ1) is 8.72. The molecule has 1 nitrogen and oxygen atoms in total. The van der Waals surface area contributed by atoms with E-state index < -0.39 is 0 Å². The van der Waals surface area contributed by atoms with E-state index in [-0.39, 0.29) is 0 Å². The van der Waals surface area contributed by atoms with Crippen molar-refractivity contribution in [2.24, 2.45) is 0 Å². The third-order valence-electron chi connectivity index (χ3n) is 3.34. The van der Waals surface area contributed by atoms with Crippen molar-refractivity contribution >= 4 is 0 Å². The van der Waals surface area contributed by atoms with Crippen LogP contribution in [0.4, 0.5) is 0 Å². The topological polar surface area (TPSA) is 3.24 Å². The molecule has 0 aliphatic rings. The molecule has 1 unspecified atom stereocenters. The molecule has 1 heteroatoms. The van der Waals surface area contributed by atoms with E-state index in [1.54, 1.807) is 0 Å². The quantitative estimate of drug-likeness (QED) is 0.782. The van der Waals surface area contributed by atoms with E-state index in [1.165, 1.54) is 16.7 Å². The summed E-state index contributed by atoms with van der Waals surface area (Å²) >= 11 is 0. The van der Waals surface area contributed by atoms with Crippen LogP contribution in [-0.4, -0.2) is 19.0 Å². The van der Waals surface area contributed by atoms with E-state index in [1.807, 2.05) is 0 Å². The van der Waals surface area contributed by atoms with Crippen LogP contribution in [-0.2, 0) is 6.42 Å². The maximum absolute atomic E-state index is 2.26.